The van der Waals surface area contributed by atoms with Crippen molar-refractivity contribution in [3.8, 4) is 0 Å². The fourth-order valence-corrected chi connectivity index (χ4v) is 3.64. The van der Waals surface area contributed by atoms with Crippen LogP contribution in [0.1, 0.15) is 15.4 Å². The number of likely N-dealkylation sites (N-methyl/N-ethyl adjacent to an activating group) is 1. The zero-order valence-corrected chi connectivity index (χ0v) is 14.7. The van der Waals surface area contributed by atoms with Gasteiger partial charge < -0.3 is 10.2 Å². The molecule has 0 atom stereocenters. The van der Waals surface area contributed by atoms with E-state index in [9.17, 15) is 22.8 Å². The third-order valence-corrected chi connectivity index (χ3v) is 4.92. The van der Waals surface area contributed by atoms with E-state index in [1.807, 2.05) is 0 Å². The van der Waals surface area contributed by atoms with Crippen molar-refractivity contribution >= 4 is 55.5 Å². The average Bonchev–Trinajstić information content (AvgIpc) is 3.06. The fraction of sp³-hybridized carbons (Fsp3) is 0.250. The molecule has 0 fully saturated rings. The normalized spacial score (nSPS) is 11.3. The Morgan fingerprint density at radius 3 is 2.61 bits per heavy atom. The summed E-state index contributed by atoms with van der Waals surface area (Å²) in [5, 5.41) is 2.89. The molecule has 0 aliphatic rings. The molecule has 2 aromatic heterocycles. The maximum absolute atomic E-state index is 12.4. The van der Waals surface area contributed by atoms with Gasteiger partial charge in [0.15, 0.2) is 10.8 Å². The summed E-state index contributed by atoms with van der Waals surface area (Å²) in [4.78, 5) is 28.8. The predicted octanol–water partition coefficient (Wildman–Crippen LogP) is 3.70. The van der Waals surface area contributed by atoms with E-state index >= 15 is 0 Å². The SMILES string of the molecule is CN(CC(=O)Nc1nc(C(F)(F)F)cs1)C(=O)c1ccc(Br)s1. The van der Waals surface area contributed by atoms with Crippen LogP contribution in [0.2, 0.25) is 0 Å². The number of hydrogen-bond acceptors (Lipinski definition) is 5. The van der Waals surface area contributed by atoms with E-state index in [2.05, 4.69) is 26.2 Å². The lowest BCUT2D eigenvalue weighted by Gasteiger charge is -2.15. The maximum Gasteiger partial charge on any atom is 0.434 e. The molecule has 124 valence electrons. The van der Waals surface area contributed by atoms with Gasteiger partial charge in [-0.05, 0) is 28.1 Å². The van der Waals surface area contributed by atoms with Crippen molar-refractivity contribution in [1.29, 1.82) is 0 Å². The van der Waals surface area contributed by atoms with Crippen LogP contribution in [0.25, 0.3) is 0 Å². The van der Waals surface area contributed by atoms with E-state index in [0.29, 0.717) is 16.2 Å². The van der Waals surface area contributed by atoms with Gasteiger partial charge in [-0.25, -0.2) is 4.98 Å². The topological polar surface area (TPSA) is 62.3 Å². The summed E-state index contributed by atoms with van der Waals surface area (Å²) in [7, 11) is 1.43. The second kappa shape index (κ2) is 6.97. The highest BCUT2D eigenvalue weighted by molar-refractivity contribution is 9.11. The summed E-state index contributed by atoms with van der Waals surface area (Å²) in [6.45, 7) is -0.296. The van der Waals surface area contributed by atoms with Gasteiger partial charge in [-0.2, -0.15) is 13.2 Å². The van der Waals surface area contributed by atoms with Crippen molar-refractivity contribution < 1.29 is 22.8 Å². The van der Waals surface area contributed by atoms with Crippen LogP contribution in [0.4, 0.5) is 18.3 Å². The van der Waals surface area contributed by atoms with Crippen molar-refractivity contribution in [2.75, 3.05) is 18.9 Å². The van der Waals surface area contributed by atoms with Gasteiger partial charge in [0, 0.05) is 12.4 Å². The third-order valence-electron chi connectivity index (χ3n) is 2.55. The molecule has 0 aromatic carbocycles. The highest BCUT2D eigenvalue weighted by Gasteiger charge is 2.34. The van der Waals surface area contributed by atoms with Crippen LogP contribution >= 0.6 is 38.6 Å². The van der Waals surface area contributed by atoms with E-state index in [1.165, 1.54) is 23.3 Å². The predicted molar refractivity (Wildman–Crippen MR) is 84.7 cm³/mol. The number of alkyl halides is 3. The number of halogens is 4. The molecule has 0 spiro atoms. The van der Waals surface area contributed by atoms with Crippen LogP contribution in [-0.4, -0.2) is 35.3 Å². The lowest BCUT2D eigenvalue weighted by Crippen LogP contribution is -2.34. The van der Waals surface area contributed by atoms with Gasteiger partial charge in [0.2, 0.25) is 5.91 Å². The molecule has 0 saturated carbocycles. The van der Waals surface area contributed by atoms with E-state index in [4.69, 9.17) is 0 Å². The number of rotatable bonds is 4. The minimum absolute atomic E-state index is 0.165. The molecule has 0 unspecified atom stereocenters. The van der Waals surface area contributed by atoms with Crippen LogP contribution in [0.15, 0.2) is 21.3 Å². The fourth-order valence-electron chi connectivity index (χ4n) is 1.52. The standard InChI is InChI=1S/C12H9BrF3N3O2S2/c1-19(10(21)6-2-3-8(13)23-6)4-9(20)18-11-17-7(5-22-11)12(14,15)16/h2-3,5H,4H2,1H3,(H,17,18,20). The van der Waals surface area contributed by atoms with Gasteiger partial charge in [0.05, 0.1) is 15.2 Å². The smallest absolute Gasteiger partial charge is 0.332 e. The van der Waals surface area contributed by atoms with Crippen LogP contribution in [0.3, 0.4) is 0 Å². The number of aromatic nitrogens is 1. The highest BCUT2D eigenvalue weighted by atomic mass is 79.9. The first-order valence-electron chi connectivity index (χ1n) is 6.00. The molecule has 2 heterocycles. The largest absolute Gasteiger partial charge is 0.434 e. The van der Waals surface area contributed by atoms with E-state index < -0.39 is 17.8 Å². The van der Waals surface area contributed by atoms with E-state index in [0.717, 1.165) is 9.17 Å². The van der Waals surface area contributed by atoms with Gasteiger partial charge >= 0.3 is 6.18 Å². The number of carbonyl (C=O) groups is 2. The van der Waals surface area contributed by atoms with Crippen LogP contribution in [-0.2, 0) is 11.0 Å². The maximum atomic E-state index is 12.4. The molecule has 2 amide bonds. The van der Waals surface area contributed by atoms with Gasteiger partial charge in [-0.15, -0.1) is 22.7 Å². The van der Waals surface area contributed by atoms with Crippen molar-refractivity contribution in [3.05, 3.63) is 31.9 Å². The minimum atomic E-state index is -4.56. The first-order valence-corrected chi connectivity index (χ1v) is 8.49. The Balaban J connectivity index is 1.94. The summed E-state index contributed by atoms with van der Waals surface area (Å²) < 4.78 is 38.0. The molecule has 0 bridgehead atoms. The van der Waals surface area contributed by atoms with Crippen LogP contribution in [0.5, 0.6) is 0 Å². The molecule has 11 heteroatoms. The Morgan fingerprint density at radius 1 is 1.39 bits per heavy atom. The van der Waals surface area contributed by atoms with Crippen molar-refractivity contribution in [2.45, 2.75) is 6.18 Å². The number of anilines is 1. The van der Waals surface area contributed by atoms with Crippen molar-refractivity contribution in [1.82, 2.24) is 9.88 Å². The number of carbonyl (C=O) groups excluding carboxylic acids is 2. The summed E-state index contributed by atoms with van der Waals surface area (Å²) in [5.74, 6) is -0.981. The van der Waals surface area contributed by atoms with Gasteiger partial charge in [-0.3, -0.25) is 9.59 Å². The molecule has 23 heavy (non-hydrogen) atoms. The van der Waals surface area contributed by atoms with Gasteiger partial charge in [-0.1, -0.05) is 0 Å². The highest BCUT2D eigenvalue weighted by Crippen LogP contribution is 2.31. The molecule has 2 aromatic rings. The summed E-state index contributed by atoms with van der Waals surface area (Å²) in [5.41, 5.74) is -1.06. The molecular formula is C12H9BrF3N3O2S2. The van der Waals surface area contributed by atoms with Crippen molar-refractivity contribution in [2.24, 2.45) is 0 Å². The van der Waals surface area contributed by atoms with Crippen LogP contribution < -0.4 is 5.32 Å². The molecule has 0 aliphatic carbocycles. The Hall–Kier alpha value is -1.46. The van der Waals surface area contributed by atoms with Crippen molar-refractivity contribution in [3.63, 3.8) is 0 Å². The lowest BCUT2D eigenvalue weighted by molar-refractivity contribution is -0.140. The number of thiazole rings is 1. The Morgan fingerprint density at radius 2 is 2.09 bits per heavy atom. The molecular weight excluding hydrogens is 419 g/mol. The quantitative estimate of drug-likeness (QED) is 0.808. The molecule has 0 saturated heterocycles. The molecule has 0 radical (unpaired) electrons. The monoisotopic (exact) mass is 427 g/mol. The summed E-state index contributed by atoms with van der Waals surface area (Å²) >= 11 is 5.12. The second-order valence-corrected chi connectivity index (χ2v) is 7.67. The molecule has 1 N–H and O–H groups in total. The first kappa shape index (κ1) is 17.9. The summed E-state index contributed by atoms with van der Waals surface area (Å²) in [6, 6.07) is 3.32. The zero-order chi connectivity index (χ0) is 17.2. The summed E-state index contributed by atoms with van der Waals surface area (Å²) in [6.07, 6.45) is -4.56. The average molecular weight is 428 g/mol. The Bertz CT molecular complexity index is 729. The number of nitrogens with zero attached hydrogens (tertiary/aromatic N) is 2. The zero-order valence-electron chi connectivity index (χ0n) is 11.5. The molecule has 5 nitrogen and oxygen atoms in total. The van der Waals surface area contributed by atoms with E-state index in [1.54, 1.807) is 12.1 Å². The van der Waals surface area contributed by atoms with Crippen LogP contribution in [0, 0.1) is 0 Å². The minimum Gasteiger partial charge on any atom is -0.332 e. The van der Waals surface area contributed by atoms with E-state index in [-0.39, 0.29) is 17.6 Å². The molecule has 0 aliphatic heterocycles. The Kier molecular flexibility index (Phi) is 5.42. The first-order chi connectivity index (χ1) is 10.7. The number of thiophene rings is 1. The lowest BCUT2D eigenvalue weighted by atomic mass is 10.4. The third kappa shape index (κ3) is 4.75. The Labute approximate surface area is 145 Å². The van der Waals surface area contributed by atoms with Gasteiger partial charge in [0.1, 0.15) is 0 Å². The number of nitrogens with one attached hydrogen (secondary N) is 1. The number of amides is 2. The molecule has 2 rings (SSSR count). The second-order valence-electron chi connectivity index (χ2n) is 4.35. The number of hydrogen-bond donors (Lipinski definition) is 1. The van der Waals surface area contributed by atoms with Gasteiger partial charge in [0.25, 0.3) is 5.91 Å².